The second-order valence-electron chi connectivity index (χ2n) is 11.2. The number of aliphatic hydroxyl groups is 1. The van der Waals surface area contributed by atoms with Gasteiger partial charge in [-0.1, -0.05) is 30.3 Å². The topological polar surface area (TPSA) is 137 Å². The van der Waals surface area contributed by atoms with E-state index in [4.69, 9.17) is 4.74 Å². The molecule has 41 heavy (non-hydrogen) atoms. The smallest absolute Gasteiger partial charge is 0.258 e. The summed E-state index contributed by atoms with van der Waals surface area (Å²) in [6.07, 6.45) is -1.39. The number of carbonyl (C=O) groups is 4. The molecule has 0 spiro atoms. The summed E-state index contributed by atoms with van der Waals surface area (Å²) in [6, 6.07) is 10.9. The molecule has 0 bridgehead atoms. The van der Waals surface area contributed by atoms with E-state index in [1.54, 1.807) is 33.0 Å². The lowest BCUT2D eigenvalue weighted by atomic mass is 9.99. The number of thioether (sulfide) groups is 1. The van der Waals surface area contributed by atoms with Gasteiger partial charge in [0.15, 0.2) is 12.7 Å². The van der Waals surface area contributed by atoms with Gasteiger partial charge in [0.25, 0.3) is 17.7 Å². The fourth-order valence-electron chi connectivity index (χ4n) is 4.62. The summed E-state index contributed by atoms with van der Waals surface area (Å²) in [5, 5.41) is 19.5. The quantitative estimate of drug-likeness (QED) is 0.335. The van der Waals surface area contributed by atoms with E-state index in [0.29, 0.717) is 28.2 Å². The highest BCUT2D eigenvalue weighted by Gasteiger charge is 2.40. The molecule has 1 fully saturated rings. The molecule has 3 atom stereocenters. The molecule has 1 heterocycles. The van der Waals surface area contributed by atoms with Crippen molar-refractivity contribution in [1.29, 1.82) is 0 Å². The minimum Gasteiger partial charge on any atom is -0.483 e. The van der Waals surface area contributed by atoms with Crippen molar-refractivity contribution < 1.29 is 29.0 Å². The molecule has 2 aromatic carbocycles. The first-order valence-corrected chi connectivity index (χ1v) is 14.6. The Morgan fingerprint density at radius 1 is 1.10 bits per heavy atom. The molecule has 0 unspecified atom stereocenters. The van der Waals surface area contributed by atoms with E-state index in [2.05, 4.69) is 16.0 Å². The summed E-state index contributed by atoms with van der Waals surface area (Å²) in [4.78, 5) is 52.8. The van der Waals surface area contributed by atoms with Crippen LogP contribution in [0, 0.1) is 13.8 Å². The van der Waals surface area contributed by atoms with E-state index in [1.165, 1.54) is 16.7 Å². The van der Waals surface area contributed by atoms with Crippen molar-refractivity contribution in [3.8, 4) is 5.75 Å². The molecule has 0 aliphatic carbocycles. The van der Waals surface area contributed by atoms with Crippen molar-refractivity contribution in [1.82, 2.24) is 20.9 Å². The Hall–Kier alpha value is -3.57. The standard InChI is InChI=1S/C30H40N4O6S/c1-18-12-21(27(37)31-6)13-19(2)26(18)40-15-24(35)32-22(14-20-10-8-7-9-11-20)25(36)29(39)34-17-41-16-23(34)28(38)33-30(3,4)5/h7-13,22-23,25,36H,14-17H2,1-6H3,(H,31,37)(H,32,35)(H,33,38)/t22-,23-,25-/m0/s1. The Kier molecular flexibility index (Phi) is 10.8. The van der Waals surface area contributed by atoms with Crippen molar-refractivity contribution in [2.45, 2.75) is 64.8 Å². The molecular weight excluding hydrogens is 544 g/mol. The van der Waals surface area contributed by atoms with E-state index < -0.39 is 35.5 Å². The normalized spacial score (nSPS) is 16.5. The van der Waals surface area contributed by atoms with Crippen LogP contribution in [0.2, 0.25) is 0 Å². The van der Waals surface area contributed by atoms with Crippen LogP contribution in [0.25, 0.3) is 0 Å². The molecule has 11 heteroatoms. The Bertz CT molecular complexity index is 1240. The average molecular weight is 585 g/mol. The largest absolute Gasteiger partial charge is 0.483 e. The van der Waals surface area contributed by atoms with E-state index >= 15 is 0 Å². The highest BCUT2D eigenvalue weighted by Crippen LogP contribution is 2.26. The highest BCUT2D eigenvalue weighted by atomic mass is 32.2. The third-order valence-electron chi connectivity index (χ3n) is 6.54. The van der Waals surface area contributed by atoms with E-state index in [9.17, 15) is 24.3 Å². The lowest BCUT2D eigenvalue weighted by Crippen LogP contribution is -2.58. The Labute approximate surface area is 245 Å². The van der Waals surface area contributed by atoms with Gasteiger partial charge in [-0.05, 0) is 69.9 Å². The van der Waals surface area contributed by atoms with E-state index in [-0.39, 0.29) is 30.7 Å². The molecule has 10 nitrogen and oxygen atoms in total. The lowest BCUT2D eigenvalue weighted by molar-refractivity contribution is -0.147. The van der Waals surface area contributed by atoms with Crippen LogP contribution in [0.15, 0.2) is 42.5 Å². The van der Waals surface area contributed by atoms with Crippen LogP contribution in [0.3, 0.4) is 0 Å². The predicted octanol–water partition coefficient (Wildman–Crippen LogP) is 1.95. The first-order valence-electron chi connectivity index (χ1n) is 13.5. The molecule has 1 aliphatic rings. The SMILES string of the molecule is CNC(=O)c1cc(C)c(OCC(=O)N[C@@H](Cc2ccccc2)[C@H](O)C(=O)N2CSC[C@H]2C(=O)NC(C)(C)C)c(C)c1. The maximum absolute atomic E-state index is 13.5. The van der Waals surface area contributed by atoms with Gasteiger partial charge in [0.05, 0.1) is 11.9 Å². The van der Waals surface area contributed by atoms with Gasteiger partial charge >= 0.3 is 0 Å². The number of hydrogen-bond donors (Lipinski definition) is 4. The van der Waals surface area contributed by atoms with Crippen molar-refractivity contribution >= 4 is 35.4 Å². The van der Waals surface area contributed by atoms with Crippen LogP contribution in [0.4, 0.5) is 0 Å². The van der Waals surface area contributed by atoms with Crippen LogP contribution in [-0.2, 0) is 20.8 Å². The maximum atomic E-state index is 13.5. The van der Waals surface area contributed by atoms with E-state index in [0.717, 1.165) is 5.56 Å². The zero-order valence-corrected chi connectivity index (χ0v) is 25.3. The number of ether oxygens (including phenoxy) is 1. The molecule has 4 N–H and O–H groups in total. The van der Waals surface area contributed by atoms with Gasteiger partial charge in [-0.25, -0.2) is 0 Å². The Morgan fingerprint density at radius 3 is 2.32 bits per heavy atom. The van der Waals surface area contributed by atoms with Crippen molar-refractivity contribution in [3.63, 3.8) is 0 Å². The minimum absolute atomic E-state index is 0.193. The lowest BCUT2D eigenvalue weighted by Gasteiger charge is -2.31. The van der Waals surface area contributed by atoms with Gasteiger partial charge in [-0.2, -0.15) is 0 Å². The first kappa shape index (κ1) is 32.0. The molecule has 0 aromatic heterocycles. The highest BCUT2D eigenvalue weighted by molar-refractivity contribution is 7.99. The zero-order valence-electron chi connectivity index (χ0n) is 24.4. The second kappa shape index (κ2) is 13.9. The summed E-state index contributed by atoms with van der Waals surface area (Å²) in [5.41, 5.74) is 2.22. The molecule has 1 aliphatic heterocycles. The van der Waals surface area contributed by atoms with Gasteiger partial charge in [-0.3, -0.25) is 19.2 Å². The summed E-state index contributed by atoms with van der Waals surface area (Å²) in [7, 11) is 1.55. The summed E-state index contributed by atoms with van der Waals surface area (Å²) in [5.74, 6) is -0.497. The molecule has 1 saturated heterocycles. The van der Waals surface area contributed by atoms with Crippen LogP contribution in [0.5, 0.6) is 5.75 Å². The first-order chi connectivity index (χ1) is 19.3. The minimum atomic E-state index is -1.59. The number of amides is 4. The Balaban J connectivity index is 1.74. The van der Waals surface area contributed by atoms with Gasteiger partial charge in [0.2, 0.25) is 5.91 Å². The monoisotopic (exact) mass is 584 g/mol. The fourth-order valence-corrected chi connectivity index (χ4v) is 5.79. The third-order valence-corrected chi connectivity index (χ3v) is 7.55. The van der Waals surface area contributed by atoms with Crippen molar-refractivity contribution in [2.24, 2.45) is 0 Å². The van der Waals surface area contributed by atoms with Gasteiger partial charge in [0, 0.05) is 23.9 Å². The molecule has 0 saturated carbocycles. The van der Waals surface area contributed by atoms with E-state index in [1.807, 2.05) is 51.1 Å². The van der Waals surface area contributed by atoms with Crippen molar-refractivity contribution in [2.75, 3.05) is 25.3 Å². The molecule has 3 rings (SSSR count). The Morgan fingerprint density at radius 2 is 1.73 bits per heavy atom. The number of aliphatic hydroxyl groups excluding tert-OH is 1. The number of nitrogens with one attached hydrogen (secondary N) is 3. The average Bonchev–Trinajstić information content (AvgIpc) is 3.41. The van der Waals surface area contributed by atoms with Crippen LogP contribution in [0.1, 0.15) is 47.8 Å². The molecule has 4 amide bonds. The van der Waals surface area contributed by atoms with Gasteiger partial charge < -0.3 is 30.7 Å². The molecule has 0 radical (unpaired) electrons. The number of carbonyl (C=O) groups excluding carboxylic acids is 4. The maximum Gasteiger partial charge on any atom is 0.258 e. The van der Waals surface area contributed by atoms with Crippen LogP contribution >= 0.6 is 11.8 Å². The zero-order chi connectivity index (χ0) is 30.3. The van der Waals surface area contributed by atoms with Crippen molar-refractivity contribution in [3.05, 3.63) is 64.7 Å². The van der Waals surface area contributed by atoms with Gasteiger partial charge in [-0.15, -0.1) is 11.8 Å². The number of nitrogens with zero attached hydrogens (tertiary/aromatic N) is 1. The van der Waals surface area contributed by atoms with Gasteiger partial charge in [0.1, 0.15) is 11.8 Å². The van der Waals surface area contributed by atoms with Crippen LogP contribution in [-0.4, -0.2) is 82.6 Å². The summed E-state index contributed by atoms with van der Waals surface area (Å²) < 4.78 is 5.81. The second-order valence-corrected chi connectivity index (χ2v) is 12.2. The number of rotatable bonds is 10. The molecule has 222 valence electrons. The molecular formula is C30H40N4O6S. The third kappa shape index (κ3) is 8.71. The number of hydrogen-bond acceptors (Lipinski definition) is 7. The number of aryl methyl sites for hydroxylation is 2. The van der Waals surface area contributed by atoms with Crippen LogP contribution < -0.4 is 20.7 Å². The summed E-state index contributed by atoms with van der Waals surface area (Å²) in [6.45, 7) is 8.80. The number of benzene rings is 2. The summed E-state index contributed by atoms with van der Waals surface area (Å²) >= 11 is 1.43. The molecule has 2 aromatic rings. The fraction of sp³-hybridized carbons (Fsp3) is 0.467. The predicted molar refractivity (Wildman–Crippen MR) is 159 cm³/mol.